The second-order valence-corrected chi connectivity index (χ2v) is 8.92. The second kappa shape index (κ2) is 7.97. The number of nitrogens with zero attached hydrogens (tertiary/aromatic N) is 1. The van der Waals surface area contributed by atoms with Crippen LogP contribution in [0, 0.1) is 6.92 Å². The van der Waals surface area contributed by atoms with E-state index in [1.807, 2.05) is 30.3 Å². The summed E-state index contributed by atoms with van der Waals surface area (Å²) in [6, 6.07) is 12.9. The number of hydrogen-bond donors (Lipinski definition) is 1. The molecule has 2 aliphatic rings. The van der Waals surface area contributed by atoms with Crippen molar-refractivity contribution in [3.63, 3.8) is 0 Å². The monoisotopic (exact) mass is 430 g/mol. The van der Waals surface area contributed by atoms with Crippen LogP contribution in [0.5, 0.6) is 0 Å². The van der Waals surface area contributed by atoms with Crippen molar-refractivity contribution >= 4 is 5.91 Å². The summed E-state index contributed by atoms with van der Waals surface area (Å²) in [6.07, 6.45) is -0.177. The zero-order valence-electron chi connectivity index (χ0n) is 18.2. The molecule has 2 aromatic rings. The van der Waals surface area contributed by atoms with Crippen molar-refractivity contribution < 1.29 is 18.0 Å². The Hall–Kier alpha value is -2.34. The highest BCUT2D eigenvalue weighted by molar-refractivity contribution is 5.98. The molecular weight excluding hydrogens is 401 g/mol. The summed E-state index contributed by atoms with van der Waals surface area (Å²) in [5.74, 6) is -0.286. The summed E-state index contributed by atoms with van der Waals surface area (Å²) in [4.78, 5) is 16.0. The molecule has 0 unspecified atom stereocenters. The number of hydrogen-bond acceptors (Lipinski definition) is 2. The number of fused-ring (bicyclic) bond motifs is 2. The van der Waals surface area contributed by atoms with Crippen molar-refractivity contribution in [1.29, 1.82) is 0 Å². The van der Waals surface area contributed by atoms with Gasteiger partial charge in [-0.25, -0.2) is 0 Å². The first-order valence-corrected chi connectivity index (χ1v) is 11.0. The molecule has 0 saturated carbocycles. The molecule has 0 spiro atoms. The van der Waals surface area contributed by atoms with Crippen LogP contribution in [-0.2, 0) is 18.1 Å². The van der Waals surface area contributed by atoms with Crippen molar-refractivity contribution in [2.24, 2.45) is 0 Å². The Kier molecular flexibility index (Phi) is 5.63. The first kappa shape index (κ1) is 21.9. The summed E-state index contributed by atoms with van der Waals surface area (Å²) in [5, 5.41) is 3.33. The number of aryl methyl sites for hydroxylation is 2. The fourth-order valence-corrected chi connectivity index (χ4v) is 5.70. The number of rotatable bonds is 4. The Balaban J connectivity index is 1.76. The molecule has 1 N–H and O–H groups in total. The summed E-state index contributed by atoms with van der Waals surface area (Å²) in [5.41, 5.74) is 0.964. The maximum Gasteiger partial charge on any atom is 0.416 e. The first-order valence-electron chi connectivity index (χ1n) is 11.0. The highest BCUT2D eigenvalue weighted by Crippen LogP contribution is 2.46. The van der Waals surface area contributed by atoms with Gasteiger partial charge in [0.1, 0.15) is 0 Å². The van der Waals surface area contributed by atoms with Crippen LogP contribution in [0.3, 0.4) is 0 Å². The number of carbonyl (C=O) groups excluding carboxylic acids is 1. The van der Waals surface area contributed by atoms with Gasteiger partial charge in [0, 0.05) is 17.6 Å². The van der Waals surface area contributed by atoms with Crippen molar-refractivity contribution in [3.8, 4) is 0 Å². The highest BCUT2D eigenvalue weighted by atomic mass is 19.4. The van der Waals surface area contributed by atoms with Gasteiger partial charge >= 0.3 is 6.18 Å². The Morgan fingerprint density at radius 2 is 1.87 bits per heavy atom. The average Bonchev–Trinajstić information content (AvgIpc) is 2.99. The molecule has 2 bridgehead atoms. The van der Waals surface area contributed by atoms with Crippen molar-refractivity contribution in [2.75, 3.05) is 7.05 Å². The lowest BCUT2D eigenvalue weighted by Gasteiger charge is -2.48. The van der Waals surface area contributed by atoms with Gasteiger partial charge in [0.05, 0.1) is 11.1 Å². The molecule has 2 fully saturated rings. The molecule has 1 amide bonds. The van der Waals surface area contributed by atoms with Gasteiger partial charge in [-0.1, -0.05) is 37.3 Å². The van der Waals surface area contributed by atoms with E-state index in [2.05, 4.69) is 17.3 Å². The lowest BCUT2D eigenvalue weighted by atomic mass is 9.76. The van der Waals surface area contributed by atoms with Gasteiger partial charge in [0.25, 0.3) is 5.91 Å². The number of carbonyl (C=O) groups is 1. The van der Waals surface area contributed by atoms with E-state index in [0.29, 0.717) is 29.2 Å². The zero-order chi connectivity index (χ0) is 22.4. The lowest BCUT2D eigenvalue weighted by Crippen LogP contribution is -2.61. The topological polar surface area (TPSA) is 32.3 Å². The Morgan fingerprint density at radius 3 is 2.52 bits per heavy atom. The molecule has 0 aliphatic carbocycles. The molecule has 166 valence electrons. The smallest absolute Gasteiger partial charge is 0.341 e. The third-order valence-electron chi connectivity index (χ3n) is 7.26. The molecule has 2 saturated heterocycles. The van der Waals surface area contributed by atoms with Crippen molar-refractivity contribution in [2.45, 2.75) is 69.8 Å². The number of halogens is 3. The molecule has 2 aliphatic heterocycles. The van der Waals surface area contributed by atoms with Gasteiger partial charge < -0.3 is 5.32 Å². The molecule has 2 aromatic carbocycles. The predicted molar refractivity (Wildman–Crippen MR) is 115 cm³/mol. The van der Waals surface area contributed by atoms with Crippen LogP contribution in [0.1, 0.15) is 65.2 Å². The lowest BCUT2D eigenvalue weighted by molar-refractivity contribution is -0.137. The largest absolute Gasteiger partial charge is 0.416 e. The van der Waals surface area contributed by atoms with Gasteiger partial charge in [-0.15, -0.1) is 0 Å². The maximum atomic E-state index is 13.6. The quantitative estimate of drug-likeness (QED) is 0.699. The third kappa shape index (κ3) is 3.75. The van der Waals surface area contributed by atoms with Crippen molar-refractivity contribution in [1.82, 2.24) is 10.2 Å². The van der Waals surface area contributed by atoms with Crippen LogP contribution in [0.2, 0.25) is 0 Å². The minimum Gasteiger partial charge on any atom is -0.341 e. The van der Waals surface area contributed by atoms with E-state index in [0.717, 1.165) is 43.4 Å². The molecule has 4 rings (SSSR count). The average molecular weight is 431 g/mol. The normalized spacial score (nSPS) is 26.1. The number of amides is 1. The zero-order valence-corrected chi connectivity index (χ0v) is 18.2. The number of piperidine rings is 1. The van der Waals surface area contributed by atoms with Crippen LogP contribution >= 0.6 is 0 Å². The first-order chi connectivity index (χ1) is 14.7. The highest BCUT2D eigenvalue weighted by Gasteiger charge is 2.52. The van der Waals surface area contributed by atoms with Crippen LogP contribution in [0.15, 0.2) is 42.5 Å². The molecule has 2 heterocycles. The molecule has 3 nitrogen and oxygen atoms in total. The van der Waals surface area contributed by atoms with Gasteiger partial charge in [-0.05, 0) is 74.9 Å². The van der Waals surface area contributed by atoms with E-state index in [4.69, 9.17) is 0 Å². The van der Waals surface area contributed by atoms with Gasteiger partial charge in [0.2, 0.25) is 0 Å². The van der Waals surface area contributed by atoms with E-state index >= 15 is 0 Å². The van der Waals surface area contributed by atoms with E-state index in [1.165, 1.54) is 0 Å². The minimum atomic E-state index is -4.43. The number of benzene rings is 2. The standard InChI is InChI=1S/C25H29F3N2O/c1-4-17-15-19(25(26,27)28)14-16(2)22(17)23(31)29-24(18-8-6-5-7-9-18)13-12-20-10-11-21(24)30(20)3/h5-9,14-15,20-21H,4,10-13H2,1-3H3,(H,29,31)/t20-,21-,24-/m1/s1. The van der Waals surface area contributed by atoms with Gasteiger partial charge in [-0.2, -0.15) is 13.2 Å². The molecule has 31 heavy (non-hydrogen) atoms. The minimum absolute atomic E-state index is 0.164. The number of nitrogens with one attached hydrogen (secondary N) is 1. The van der Waals surface area contributed by atoms with Crippen molar-refractivity contribution in [3.05, 3.63) is 70.3 Å². The van der Waals surface area contributed by atoms with Crippen LogP contribution < -0.4 is 5.32 Å². The van der Waals surface area contributed by atoms with Crippen LogP contribution in [0.25, 0.3) is 0 Å². The van der Waals surface area contributed by atoms with E-state index in [9.17, 15) is 18.0 Å². The fraction of sp³-hybridized carbons (Fsp3) is 0.480. The molecule has 3 atom stereocenters. The maximum absolute atomic E-state index is 13.6. The molecule has 6 heteroatoms. The SMILES string of the molecule is CCc1cc(C(F)(F)F)cc(C)c1C(=O)N[C@@]1(c2ccccc2)CC[C@H]2CC[C@H]1N2C. The van der Waals surface area contributed by atoms with Gasteiger partial charge in [-0.3, -0.25) is 9.69 Å². The number of alkyl halides is 3. The van der Waals surface area contributed by atoms with Gasteiger partial charge in [0.15, 0.2) is 0 Å². The predicted octanol–water partition coefficient (Wildman–Crippen LogP) is 5.46. The number of likely N-dealkylation sites (N-methyl/N-ethyl adjacent to an activating group) is 1. The summed E-state index contributed by atoms with van der Waals surface area (Å²) in [6.45, 7) is 3.38. The third-order valence-corrected chi connectivity index (χ3v) is 7.26. The molecule has 0 radical (unpaired) electrons. The second-order valence-electron chi connectivity index (χ2n) is 8.92. The summed E-state index contributed by atoms with van der Waals surface area (Å²) >= 11 is 0. The molecular formula is C25H29F3N2O. The Morgan fingerprint density at radius 1 is 1.16 bits per heavy atom. The van der Waals surface area contributed by atoms with Crippen LogP contribution in [0.4, 0.5) is 13.2 Å². The summed E-state index contributed by atoms with van der Waals surface area (Å²) in [7, 11) is 2.12. The van der Waals surface area contributed by atoms with E-state index in [-0.39, 0.29) is 11.9 Å². The van der Waals surface area contributed by atoms with E-state index in [1.54, 1.807) is 13.8 Å². The Bertz CT molecular complexity index is 973. The molecule has 0 aromatic heterocycles. The Labute approximate surface area is 181 Å². The fourth-order valence-electron chi connectivity index (χ4n) is 5.70. The summed E-state index contributed by atoms with van der Waals surface area (Å²) < 4.78 is 39.9. The van der Waals surface area contributed by atoms with E-state index < -0.39 is 17.3 Å². The van der Waals surface area contributed by atoms with Crippen LogP contribution in [-0.4, -0.2) is 29.9 Å².